The van der Waals surface area contributed by atoms with E-state index in [1.165, 1.54) is 6.20 Å². The van der Waals surface area contributed by atoms with E-state index in [4.69, 9.17) is 4.74 Å². The molecule has 98 valence electrons. The van der Waals surface area contributed by atoms with Crippen LogP contribution in [-0.2, 0) is 4.74 Å². The third-order valence-electron chi connectivity index (χ3n) is 3.42. The van der Waals surface area contributed by atoms with E-state index < -0.39 is 5.97 Å². The molecule has 1 aromatic rings. The van der Waals surface area contributed by atoms with Crippen molar-refractivity contribution < 1.29 is 9.53 Å². The number of fused-ring (bicyclic) bond motifs is 1. The number of nitrogens with zero attached hydrogens (tertiary/aromatic N) is 2. The van der Waals surface area contributed by atoms with Crippen LogP contribution in [0.25, 0.3) is 0 Å². The van der Waals surface area contributed by atoms with Crippen molar-refractivity contribution in [3.63, 3.8) is 0 Å². The maximum atomic E-state index is 12.3. The van der Waals surface area contributed by atoms with Gasteiger partial charge in [0.25, 0.3) is 5.56 Å². The lowest BCUT2D eigenvalue weighted by atomic mass is 9.96. The molecule has 0 amide bonds. The lowest BCUT2D eigenvalue weighted by Gasteiger charge is -2.28. The first kappa shape index (κ1) is 12.8. The minimum absolute atomic E-state index is 0.0292. The van der Waals surface area contributed by atoms with Gasteiger partial charge in [0, 0.05) is 18.2 Å². The predicted octanol–water partition coefficient (Wildman–Crippen LogP) is 1.88. The van der Waals surface area contributed by atoms with E-state index in [1.54, 1.807) is 11.5 Å². The van der Waals surface area contributed by atoms with Crippen molar-refractivity contribution in [1.29, 1.82) is 0 Å². The van der Waals surface area contributed by atoms with Gasteiger partial charge in [0.2, 0.25) is 0 Å². The Hall–Kier alpha value is -1.65. The summed E-state index contributed by atoms with van der Waals surface area (Å²) in [5.41, 5.74) is -0.251. The Balaban J connectivity index is 2.52. The molecule has 0 saturated carbocycles. The van der Waals surface area contributed by atoms with Gasteiger partial charge in [-0.2, -0.15) is 0 Å². The summed E-state index contributed by atoms with van der Waals surface area (Å²) in [7, 11) is 0. The summed E-state index contributed by atoms with van der Waals surface area (Å²) in [6.45, 7) is 6.00. The second-order valence-corrected chi connectivity index (χ2v) is 4.75. The summed E-state index contributed by atoms with van der Waals surface area (Å²) in [5.74, 6) is 0.438. The van der Waals surface area contributed by atoms with Crippen LogP contribution in [0, 0.1) is 0 Å². The number of carbonyl (C=O) groups is 1. The first-order valence-corrected chi connectivity index (χ1v) is 6.34. The van der Waals surface area contributed by atoms with Gasteiger partial charge in [0.05, 0.1) is 6.61 Å². The Morgan fingerprint density at radius 2 is 2.22 bits per heavy atom. The van der Waals surface area contributed by atoms with Gasteiger partial charge in [-0.1, -0.05) is 6.92 Å². The van der Waals surface area contributed by atoms with Gasteiger partial charge in [-0.25, -0.2) is 9.78 Å². The fourth-order valence-electron chi connectivity index (χ4n) is 2.37. The molecule has 5 nitrogen and oxygen atoms in total. The van der Waals surface area contributed by atoms with E-state index in [0.29, 0.717) is 0 Å². The Morgan fingerprint density at radius 3 is 2.89 bits per heavy atom. The van der Waals surface area contributed by atoms with Crippen molar-refractivity contribution in [1.82, 2.24) is 9.55 Å². The first-order chi connectivity index (χ1) is 8.56. The summed E-state index contributed by atoms with van der Waals surface area (Å²) < 4.78 is 6.51. The van der Waals surface area contributed by atoms with Crippen molar-refractivity contribution in [3.05, 3.63) is 27.9 Å². The van der Waals surface area contributed by atoms with Gasteiger partial charge >= 0.3 is 5.97 Å². The third kappa shape index (κ3) is 2.05. The van der Waals surface area contributed by atoms with E-state index in [9.17, 15) is 9.59 Å². The summed E-state index contributed by atoms with van der Waals surface area (Å²) in [5, 5.41) is 0. The number of rotatable bonds is 2. The Kier molecular flexibility index (Phi) is 3.50. The van der Waals surface area contributed by atoms with Crippen molar-refractivity contribution in [2.75, 3.05) is 6.61 Å². The highest BCUT2D eigenvalue weighted by atomic mass is 16.5. The SMILES string of the molecule is CCOC(=O)c1cnc2n(c1=O)[C@@H](C)CC[C@H]2C. The van der Waals surface area contributed by atoms with Crippen LogP contribution in [0.3, 0.4) is 0 Å². The van der Waals surface area contributed by atoms with Crippen LogP contribution in [0.1, 0.15) is 61.8 Å². The predicted molar refractivity (Wildman–Crippen MR) is 66.8 cm³/mol. The quantitative estimate of drug-likeness (QED) is 0.752. The Morgan fingerprint density at radius 1 is 1.50 bits per heavy atom. The van der Waals surface area contributed by atoms with Crippen LogP contribution in [0.15, 0.2) is 11.0 Å². The average Bonchev–Trinajstić information content (AvgIpc) is 2.34. The highest BCUT2D eigenvalue weighted by Gasteiger charge is 2.26. The molecule has 0 spiro atoms. The Labute approximate surface area is 106 Å². The number of esters is 1. The van der Waals surface area contributed by atoms with Crippen molar-refractivity contribution in [3.8, 4) is 0 Å². The highest BCUT2D eigenvalue weighted by molar-refractivity contribution is 5.88. The van der Waals surface area contributed by atoms with Gasteiger partial charge in [0.15, 0.2) is 0 Å². The maximum absolute atomic E-state index is 12.3. The molecule has 18 heavy (non-hydrogen) atoms. The zero-order valence-electron chi connectivity index (χ0n) is 11.0. The molecule has 0 N–H and O–H groups in total. The molecule has 1 aliphatic heterocycles. The van der Waals surface area contributed by atoms with Crippen LogP contribution in [0.4, 0.5) is 0 Å². The molecule has 0 saturated heterocycles. The van der Waals surface area contributed by atoms with Crippen LogP contribution in [0.5, 0.6) is 0 Å². The normalized spacial score (nSPS) is 22.4. The second-order valence-electron chi connectivity index (χ2n) is 4.75. The van der Waals surface area contributed by atoms with Crippen molar-refractivity contribution >= 4 is 5.97 Å². The molecule has 2 rings (SSSR count). The number of aromatic nitrogens is 2. The molecule has 1 aliphatic rings. The second kappa shape index (κ2) is 4.92. The molecule has 0 fully saturated rings. The largest absolute Gasteiger partial charge is 0.462 e. The molecule has 0 unspecified atom stereocenters. The first-order valence-electron chi connectivity index (χ1n) is 6.34. The van der Waals surface area contributed by atoms with Crippen LogP contribution < -0.4 is 5.56 Å². The van der Waals surface area contributed by atoms with Gasteiger partial charge in [-0.3, -0.25) is 9.36 Å². The molecule has 0 aliphatic carbocycles. The third-order valence-corrected chi connectivity index (χ3v) is 3.42. The van der Waals surface area contributed by atoms with E-state index >= 15 is 0 Å². The molecular weight excluding hydrogens is 232 g/mol. The smallest absolute Gasteiger partial charge is 0.345 e. The molecule has 0 radical (unpaired) electrons. The van der Waals surface area contributed by atoms with Gasteiger partial charge < -0.3 is 4.74 Å². The number of hydrogen-bond acceptors (Lipinski definition) is 4. The standard InChI is InChI=1S/C13H18N2O3/c1-4-18-13(17)10-7-14-11-8(2)5-6-9(3)15(11)12(10)16/h7-9H,4-6H2,1-3H3/t8-,9+/m1/s1. The van der Waals surface area contributed by atoms with Gasteiger partial charge in [0.1, 0.15) is 11.4 Å². The minimum Gasteiger partial charge on any atom is -0.462 e. The number of hydrogen-bond donors (Lipinski definition) is 0. The maximum Gasteiger partial charge on any atom is 0.345 e. The molecule has 1 aromatic heterocycles. The van der Waals surface area contributed by atoms with E-state index in [0.717, 1.165) is 18.7 Å². The summed E-state index contributed by atoms with van der Waals surface area (Å²) in [4.78, 5) is 28.2. The van der Waals surface area contributed by atoms with Gasteiger partial charge in [-0.05, 0) is 26.7 Å². The van der Waals surface area contributed by atoms with E-state index in [1.807, 2.05) is 13.8 Å². The van der Waals surface area contributed by atoms with Crippen molar-refractivity contribution in [2.24, 2.45) is 0 Å². The topological polar surface area (TPSA) is 61.2 Å². The molecule has 2 atom stereocenters. The molecule has 0 aromatic carbocycles. The van der Waals surface area contributed by atoms with E-state index in [-0.39, 0.29) is 29.7 Å². The lowest BCUT2D eigenvalue weighted by Crippen LogP contribution is -2.35. The fourth-order valence-corrected chi connectivity index (χ4v) is 2.37. The average molecular weight is 250 g/mol. The Bertz CT molecular complexity index is 521. The van der Waals surface area contributed by atoms with Gasteiger partial charge in [-0.15, -0.1) is 0 Å². The van der Waals surface area contributed by atoms with E-state index in [2.05, 4.69) is 4.98 Å². The number of ether oxygens (including phenoxy) is 1. The summed E-state index contributed by atoms with van der Waals surface area (Å²) in [6, 6.07) is 0.0885. The molecule has 2 heterocycles. The fraction of sp³-hybridized carbons (Fsp3) is 0.615. The molecule has 5 heteroatoms. The van der Waals surface area contributed by atoms with Crippen LogP contribution in [0.2, 0.25) is 0 Å². The number of carbonyl (C=O) groups excluding carboxylic acids is 1. The summed E-state index contributed by atoms with van der Waals surface area (Å²) >= 11 is 0. The summed E-state index contributed by atoms with van der Waals surface area (Å²) in [6.07, 6.45) is 3.30. The van der Waals surface area contributed by atoms with Crippen LogP contribution in [-0.4, -0.2) is 22.1 Å². The molecular formula is C13H18N2O3. The van der Waals surface area contributed by atoms with Crippen LogP contribution >= 0.6 is 0 Å². The van der Waals surface area contributed by atoms with Crippen molar-refractivity contribution in [2.45, 2.75) is 45.6 Å². The zero-order valence-corrected chi connectivity index (χ0v) is 11.0. The monoisotopic (exact) mass is 250 g/mol. The lowest BCUT2D eigenvalue weighted by molar-refractivity contribution is 0.0522. The minimum atomic E-state index is -0.587. The zero-order chi connectivity index (χ0) is 13.3. The molecule has 0 bridgehead atoms. The highest BCUT2D eigenvalue weighted by Crippen LogP contribution is 2.29.